The number of rotatable bonds is 4. The maximum absolute atomic E-state index is 12.1. The summed E-state index contributed by atoms with van der Waals surface area (Å²) >= 11 is 0. The van der Waals surface area contributed by atoms with E-state index in [0.29, 0.717) is 29.8 Å². The molecule has 2 aromatic rings. The number of halogens is 1. The molecular weight excluding hydrogens is 348 g/mol. The molecule has 1 aliphatic heterocycles. The number of nitrogens with zero attached hydrogens (tertiary/aromatic N) is 1. The third-order valence-electron chi connectivity index (χ3n) is 4.00. The van der Waals surface area contributed by atoms with Crippen LogP contribution in [0, 0.1) is 6.92 Å². The number of carbonyl (C=O) groups is 3. The van der Waals surface area contributed by atoms with Crippen LogP contribution in [0.25, 0.3) is 10.9 Å². The molecule has 1 fully saturated rings. The summed E-state index contributed by atoms with van der Waals surface area (Å²) in [5, 5.41) is 11.8. The standard InChI is InChI=1S/C17H16N2O5.ClH/c1-9-13(12-4-5-15(20)19-17(12)23)6-10-2-3-11(7-14(10)18-9)24-8-16(21)22;/h2-3,6-7,12H,4-5,8H2,1H3,(H,21,22)(H,19,20,23);1H. The Kier molecular flexibility index (Phi) is 5.58. The van der Waals surface area contributed by atoms with Crippen LogP contribution in [-0.2, 0) is 14.4 Å². The number of nitrogens with one attached hydrogen (secondary N) is 1. The monoisotopic (exact) mass is 364 g/mol. The number of carbonyl (C=O) groups excluding carboxylic acids is 2. The van der Waals surface area contributed by atoms with Crippen molar-refractivity contribution >= 4 is 41.1 Å². The molecule has 2 amide bonds. The topological polar surface area (TPSA) is 106 Å². The molecule has 0 spiro atoms. The van der Waals surface area contributed by atoms with E-state index in [1.807, 2.05) is 13.0 Å². The third kappa shape index (κ3) is 4.06. The van der Waals surface area contributed by atoms with E-state index in [2.05, 4.69) is 10.3 Å². The van der Waals surface area contributed by atoms with Gasteiger partial charge in [0.2, 0.25) is 11.8 Å². The van der Waals surface area contributed by atoms with E-state index in [-0.39, 0.29) is 30.1 Å². The van der Waals surface area contributed by atoms with Crippen molar-refractivity contribution < 1.29 is 24.2 Å². The summed E-state index contributed by atoms with van der Waals surface area (Å²) in [6.07, 6.45) is 0.786. The van der Waals surface area contributed by atoms with Crippen LogP contribution in [0.15, 0.2) is 24.3 Å². The summed E-state index contributed by atoms with van der Waals surface area (Å²) in [4.78, 5) is 38.4. The molecule has 2 heterocycles. The fraction of sp³-hybridized carbons (Fsp3) is 0.294. The fourth-order valence-electron chi connectivity index (χ4n) is 2.84. The Hall–Kier alpha value is -2.67. The van der Waals surface area contributed by atoms with Gasteiger partial charge in [0, 0.05) is 23.6 Å². The lowest BCUT2D eigenvalue weighted by Crippen LogP contribution is -2.39. The number of aryl methyl sites for hydroxylation is 1. The van der Waals surface area contributed by atoms with Crippen LogP contribution in [0.5, 0.6) is 5.75 Å². The number of aliphatic carboxylic acids is 1. The molecular formula is C17H17ClN2O5. The summed E-state index contributed by atoms with van der Waals surface area (Å²) < 4.78 is 5.15. The highest BCUT2D eigenvalue weighted by molar-refractivity contribution is 6.01. The molecule has 132 valence electrons. The number of imide groups is 1. The van der Waals surface area contributed by atoms with Gasteiger partial charge in [-0.05, 0) is 37.1 Å². The van der Waals surface area contributed by atoms with Crippen LogP contribution in [0.3, 0.4) is 0 Å². The number of piperidine rings is 1. The Labute approximate surface area is 149 Å². The number of ether oxygens (including phenoxy) is 1. The second kappa shape index (κ2) is 7.48. The average molecular weight is 365 g/mol. The lowest BCUT2D eigenvalue weighted by molar-refractivity contribution is -0.139. The molecule has 3 rings (SSSR count). The first-order chi connectivity index (χ1) is 11.4. The van der Waals surface area contributed by atoms with Crippen molar-refractivity contribution in [2.24, 2.45) is 0 Å². The van der Waals surface area contributed by atoms with Gasteiger partial charge >= 0.3 is 5.97 Å². The molecule has 0 radical (unpaired) electrons. The highest BCUT2D eigenvalue weighted by Gasteiger charge is 2.29. The number of carboxylic acid groups (broad SMARTS) is 1. The lowest BCUT2D eigenvalue weighted by Gasteiger charge is -2.22. The molecule has 0 aliphatic carbocycles. The van der Waals surface area contributed by atoms with Gasteiger partial charge in [-0.25, -0.2) is 4.79 Å². The Bertz CT molecular complexity index is 852. The van der Waals surface area contributed by atoms with Gasteiger partial charge in [0.15, 0.2) is 6.61 Å². The van der Waals surface area contributed by atoms with Crippen molar-refractivity contribution in [3.8, 4) is 5.75 Å². The predicted molar refractivity (Wildman–Crippen MR) is 92.0 cm³/mol. The van der Waals surface area contributed by atoms with E-state index in [1.54, 1.807) is 18.2 Å². The number of fused-ring (bicyclic) bond motifs is 1. The summed E-state index contributed by atoms with van der Waals surface area (Å²) in [5.74, 6) is -1.56. The fourth-order valence-corrected chi connectivity index (χ4v) is 2.84. The molecule has 1 aromatic carbocycles. The molecule has 2 N–H and O–H groups in total. The molecule has 25 heavy (non-hydrogen) atoms. The van der Waals surface area contributed by atoms with Gasteiger partial charge in [-0.3, -0.25) is 19.9 Å². The number of pyridine rings is 1. The van der Waals surface area contributed by atoms with Gasteiger partial charge in [0.1, 0.15) is 5.75 Å². The predicted octanol–water partition coefficient (Wildman–Crippen LogP) is 1.95. The van der Waals surface area contributed by atoms with Crippen LogP contribution in [0.1, 0.15) is 30.0 Å². The van der Waals surface area contributed by atoms with Crippen LogP contribution in [0.2, 0.25) is 0 Å². The number of benzene rings is 1. The van der Waals surface area contributed by atoms with Crippen LogP contribution < -0.4 is 10.1 Å². The van der Waals surface area contributed by atoms with E-state index >= 15 is 0 Å². The van der Waals surface area contributed by atoms with Crippen molar-refractivity contribution in [3.05, 3.63) is 35.5 Å². The zero-order valence-electron chi connectivity index (χ0n) is 13.4. The quantitative estimate of drug-likeness (QED) is 0.803. The second-order valence-corrected chi connectivity index (χ2v) is 5.70. The molecule has 1 unspecified atom stereocenters. The Morgan fingerprint density at radius 1 is 1.36 bits per heavy atom. The smallest absolute Gasteiger partial charge is 0.341 e. The number of carboxylic acids is 1. The van der Waals surface area contributed by atoms with Crippen LogP contribution >= 0.6 is 12.4 Å². The molecule has 1 saturated heterocycles. The summed E-state index contributed by atoms with van der Waals surface area (Å²) in [6, 6.07) is 6.99. The molecule has 0 bridgehead atoms. The van der Waals surface area contributed by atoms with Crippen LogP contribution in [0.4, 0.5) is 0 Å². The Balaban J connectivity index is 0.00000225. The minimum Gasteiger partial charge on any atom is -0.482 e. The van der Waals surface area contributed by atoms with Crippen molar-refractivity contribution in [3.63, 3.8) is 0 Å². The Morgan fingerprint density at radius 2 is 2.12 bits per heavy atom. The zero-order valence-corrected chi connectivity index (χ0v) is 14.3. The van der Waals surface area contributed by atoms with Gasteiger partial charge < -0.3 is 9.84 Å². The molecule has 0 saturated carbocycles. The lowest BCUT2D eigenvalue weighted by atomic mass is 9.89. The van der Waals surface area contributed by atoms with Crippen molar-refractivity contribution in [1.82, 2.24) is 10.3 Å². The van der Waals surface area contributed by atoms with Gasteiger partial charge in [0.05, 0.1) is 11.4 Å². The Morgan fingerprint density at radius 3 is 2.80 bits per heavy atom. The minimum atomic E-state index is -1.05. The van der Waals surface area contributed by atoms with Gasteiger partial charge in [-0.1, -0.05) is 0 Å². The average Bonchev–Trinajstić information content (AvgIpc) is 2.52. The number of aromatic nitrogens is 1. The normalized spacial score (nSPS) is 16.9. The van der Waals surface area contributed by atoms with Crippen molar-refractivity contribution in [2.45, 2.75) is 25.7 Å². The zero-order chi connectivity index (χ0) is 17.3. The summed E-state index contributed by atoms with van der Waals surface area (Å²) in [5.41, 5.74) is 2.16. The first-order valence-corrected chi connectivity index (χ1v) is 7.53. The molecule has 8 heteroatoms. The van der Waals surface area contributed by atoms with E-state index in [9.17, 15) is 14.4 Å². The molecule has 1 aliphatic rings. The summed E-state index contributed by atoms with van der Waals surface area (Å²) in [6.45, 7) is 1.39. The SMILES string of the molecule is Cc1nc2cc(OCC(=O)O)ccc2cc1C1CCC(=O)NC1=O.Cl. The maximum Gasteiger partial charge on any atom is 0.341 e. The van der Waals surface area contributed by atoms with Crippen LogP contribution in [-0.4, -0.2) is 34.5 Å². The summed E-state index contributed by atoms with van der Waals surface area (Å²) in [7, 11) is 0. The van der Waals surface area contributed by atoms with Gasteiger partial charge in [0.25, 0.3) is 0 Å². The highest BCUT2D eigenvalue weighted by atomic mass is 35.5. The van der Waals surface area contributed by atoms with Gasteiger partial charge in [-0.2, -0.15) is 0 Å². The highest BCUT2D eigenvalue weighted by Crippen LogP contribution is 2.30. The van der Waals surface area contributed by atoms with E-state index in [1.165, 1.54) is 0 Å². The van der Waals surface area contributed by atoms with Crippen molar-refractivity contribution in [1.29, 1.82) is 0 Å². The second-order valence-electron chi connectivity index (χ2n) is 5.70. The van der Waals surface area contributed by atoms with Crippen molar-refractivity contribution in [2.75, 3.05) is 6.61 Å². The number of amides is 2. The van der Waals surface area contributed by atoms with E-state index in [0.717, 1.165) is 10.9 Å². The molecule has 1 atom stereocenters. The minimum absolute atomic E-state index is 0. The van der Waals surface area contributed by atoms with E-state index in [4.69, 9.17) is 9.84 Å². The largest absolute Gasteiger partial charge is 0.482 e. The third-order valence-corrected chi connectivity index (χ3v) is 4.00. The number of hydrogen-bond donors (Lipinski definition) is 2. The maximum atomic E-state index is 12.1. The molecule has 7 nitrogen and oxygen atoms in total. The first kappa shape index (κ1) is 18.7. The van der Waals surface area contributed by atoms with Gasteiger partial charge in [-0.15, -0.1) is 12.4 Å². The van der Waals surface area contributed by atoms with E-state index < -0.39 is 12.6 Å². The molecule has 1 aromatic heterocycles. The first-order valence-electron chi connectivity index (χ1n) is 7.53. The number of hydrogen-bond acceptors (Lipinski definition) is 5.